The Hall–Kier alpha value is -2.33. The van der Waals surface area contributed by atoms with Crippen LogP contribution in [0.3, 0.4) is 0 Å². The Bertz CT molecular complexity index is 669. The largest absolute Gasteiger partial charge is 0.336 e. The maximum absolute atomic E-state index is 12.6. The summed E-state index contributed by atoms with van der Waals surface area (Å²) in [6, 6.07) is 18.5. The molecule has 4 nitrogen and oxygen atoms in total. The van der Waals surface area contributed by atoms with Gasteiger partial charge in [0.1, 0.15) is 0 Å². The molecule has 2 aromatic carbocycles. The fraction of sp³-hybridized carbons (Fsp3) is 0.316. The molecule has 1 atom stereocenters. The summed E-state index contributed by atoms with van der Waals surface area (Å²) in [5.41, 5.74) is 3.49. The number of fused-ring (bicyclic) bond motifs is 1. The van der Waals surface area contributed by atoms with Crippen LogP contribution in [0.1, 0.15) is 17.2 Å². The summed E-state index contributed by atoms with van der Waals surface area (Å²) in [6.45, 7) is 1.34. The lowest BCUT2D eigenvalue weighted by Crippen LogP contribution is -2.42. The van der Waals surface area contributed by atoms with Crippen molar-refractivity contribution < 1.29 is 4.79 Å². The zero-order chi connectivity index (χ0) is 16.2. The van der Waals surface area contributed by atoms with Gasteiger partial charge in [-0.2, -0.15) is 0 Å². The van der Waals surface area contributed by atoms with Gasteiger partial charge in [0.2, 0.25) is 0 Å². The molecule has 3 rings (SSSR count). The molecule has 1 aliphatic heterocycles. The van der Waals surface area contributed by atoms with E-state index in [0.29, 0.717) is 6.54 Å². The van der Waals surface area contributed by atoms with Gasteiger partial charge in [0.15, 0.2) is 0 Å². The first-order valence-corrected chi connectivity index (χ1v) is 8.01. The molecular weight excluding hydrogens is 286 g/mol. The molecule has 0 saturated heterocycles. The molecule has 0 spiro atoms. The second-order valence-electron chi connectivity index (χ2n) is 6.11. The van der Waals surface area contributed by atoms with Crippen molar-refractivity contribution in [3.8, 4) is 0 Å². The van der Waals surface area contributed by atoms with Crippen molar-refractivity contribution in [1.29, 1.82) is 0 Å². The number of hydrogen-bond donors (Lipinski definition) is 1. The monoisotopic (exact) mass is 309 g/mol. The molecule has 1 aliphatic rings. The Kier molecular flexibility index (Phi) is 4.63. The van der Waals surface area contributed by atoms with Crippen LogP contribution in [0.5, 0.6) is 0 Å². The van der Waals surface area contributed by atoms with E-state index >= 15 is 0 Å². The molecule has 0 saturated carbocycles. The number of amides is 2. The Morgan fingerprint density at radius 3 is 2.57 bits per heavy atom. The maximum Gasteiger partial charge on any atom is 0.321 e. The number of likely N-dealkylation sites (N-methyl/N-ethyl adjacent to an activating group) is 1. The smallest absolute Gasteiger partial charge is 0.321 e. The van der Waals surface area contributed by atoms with Gasteiger partial charge in [-0.15, -0.1) is 0 Å². The van der Waals surface area contributed by atoms with E-state index < -0.39 is 0 Å². The quantitative estimate of drug-likeness (QED) is 0.942. The van der Waals surface area contributed by atoms with Crippen LogP contribution >= 0.6 is 0 Å². The van der Waals surface area contributed by atoms with E-state index in [-0.39, 0.29) is 12.1 Å². The summed E-state index contributed by atoms with van der Waals surface area (Å²) in [5.74, 6) is 0. The first-order chi connectivity index (χ1) is 11.2. The van der Waals surface area contributed by atoms with E-state index in [2.05, 4.69) is 28.4 Å². The molecule has 0 aliphatic carbocycles. The topological polar surface area (TPSA) is 35.6 Å². The highest BCUT2D eigenvalue weighted by atomic mass is 16.2. The van der Waals surface area contributed by atoms with Gasteiger partial charge >= 0.3 is 6.03 Å². The molecule has 1 heterocycles. The fourth-order valence-corrected chi connectivity index (χ4v) is 3.10. The van der Waals surface area contributed by atoms with Gasteiger partial charge < -0.3 is 10.2 Å². The van der Waals surface area contributed by atoms with Gasteiger partial charge in [-0.05, 0) is 37.7 Å². The Morgan fingerprint density at radius 2 is 1.83 bits per heavy atom. The highest BCUT2D eigenvalue weighted by molar-refractivity contribution is 5.94. The zero-order valence-electron chi connectivity index (χ0n) is 13.7. The molecule has 0 radical (unpaired) electrons. The van der Waals surface area contributed by atoms with Crippen molar-refractivity contribution in [2.75, 3.05) is 32.1 Å². The minimum atomic E-state index is -0.0160. The van der Waals surface area contributed by atoms with Gasteiger partial charge in [0.05, 0.1) is 6.04 Å². The highest BCUT2D eigenvalue weighted by Crippen LogP contribution is 2.27. The number of nitrogens with zero attached hydrogens (tertiary/aromatic N) is 2. The van der Waals surface area contributed by atoms with Gasteiger partial charge in [-0.3, -0.25) is 4.90 Å². The van der Waals surface area contributed by atoms with Crippen LogP contribution in [0.15, 0.2) is 54.6 Å². The van der Waals surface area contributed by atoms with E-state index in [9.17, 15) is 4.79 Å². The molecule has 4 heteroatoms. The van der Waals surface area contributed by atoms with Crippen LogP contribution in [-0.2, 0) is 6.42 Å². The molecule has 0 fully saturated rings. The third-order valence-electron chi connectivity index (χ3n) is 4.39. The minimum Gasteiger partial charge on any atom is -0.336 e. The number of carbonyl (C=O) groups is 1. The second-order valence-corrected chi connectivity index (χ2v) is 6.11. The van der Waals surface area contributed by atoms with Crippen LogP contribution in [0.2, 0.25) is 0 Å². The molecule has 2 aromatic rings. The maximum atomic E-state index is 12.6. The van der Waals surface area contributed by atoms with Crippen LogP contribution in [0.25, 0.3) is 0 Å². The molecule has 0 bridgehead atoms. The molecular formula is C19H23N3O. The predicted molar refractivity (Wildman–Crippen MR) is 93.8 cm³/mol. The lowest BCUT2D eigenvalue weighted by molar-refractivity contribution is 0.238. The van der Waals surface area contributed by atoms with Crippen molar-refractivity contribution in [2.45, 2.75) is 12.5 Å². The third kappa shape index (κ3) is 3.37. The van der Waals surface area contributed by atoms with E-state index in [1.165, 1.54) is 11.1 Å². The van der Waals surface area contributed by atoms with Gasteiger partial charge in [0.25, 0.3) is 0 Å². The van der Waals surface area contributed by atoms with Gasteiger partial charge in [0, 0.05) is 18.8 Å². The molecule has 120 valence electrons. The minimum absolute atomic E-state index is 0.0160. The Labute approximate surface area is 137 Å². The second kappa shape index (κ2) is 6.84. The van der Waals surface area contributed by atoms with Gasteiger partial charge in [-0.1, -0.05) is 48.5 Å². The van der Waals surface area contributed by atoms with Crippen molar-refractivity contribution >= 4 is 11.7 Å². The number of urea groups is 1. The van der Waals surface area contributed by atoms with Crippen LogP contribution in [0, 0.1) is 0 Å². The molecule has 0 unspecified atom stereocenters. The summed E-state index contributed by atoms with van der Waals surface area (Å²) in [5, 5.41) is 3.09. The van der Waals surface area contributed by atoms with Crippen LogP contribution in [-0.4, -0.2) is 38.1 Å². The molecule has 2 amide bonds. The lowest BCUT2D eigenvalue weighted by atomic mass is 10.1. The average molecular weight is 309 g/mol. The molecule has 1 N–H and O–H groups in total. The number of nitrogens with one attached hydrogen (secondary N) is 1. The highest BCUT2D eigenvalue weighted by Gasteiger charge is 2.25. The average Bonchev–Trinajstić information content (AvgIpc) is 2.99. The van der Waals surface area contributed by atoms with E-state index in [1.807, 2.05) is 55.4 Å². The summed E-state index contributed by atoms with van der Waals surface area (Å²) >= 11 is 0. The van der Waals surface area contributed by atoms with E-state index in [0.717, 1.165) is 18.7 Å². The number of carbonyl (C=O) groups excluding carboxylic acids is 1. The number of rotatable bonds is 4. The summed E-state index contributed by atoms with van der Waals surface area (Å²) in [6.07, 6.45) is 0.930. The summed E-state index contributed by atoms with van der Waals surface area (Å²) in [4.78, 5) is 16.5. The lowest BCUT2D eigenvalue weighted by Gasteiger charge is -2.26. The van der Waals surface area contributed by atoms with E-state index in [4.69, 9.17) is 0 Å². The van der Waals surface area contributed by atoms with Crippen molar-refractivity contribution in [3.63, 3.8) is 0 Å². The Morgan fingerprint density at radius 1 is 1.13 bits per heavy atom. The molecule has 0 aromatic heterocycles. The first-order valence-electron chi connectivity index (χ1n) is 8.01. The van der Waals surface area contributed by atoms with Crippen LogP contribution < -0.4 is 10.2 Å². The normalized spacial score (nSPS) is 14.7. The third-order valence-corrected chi connectivity index (χ3v) is 4.39. The van der Waals surface area contributed by atoms with Crippen LogP contribution in [0.4, 0.5) is 10.5 Å². The van der Waals surface area contributed by atoms with Crippen molar-refractivity contribution in [1.82, 2.24) is 10.2 Å². The van der Waals surface area contributed by atoms with Crippen molar-refractivity contribution in [2.24, 2.45) is 0 Å². The zero-order valence-corrected chi connectivity index (χ0v) is 13.7. The predicted octanol–water partition coefficient (Wildman–Crippen LogP) is 3.06. The number of hydrogen-bond acceptors (Lipinski definition) is 2. The SMILES string of the molecule is CN(C)[C@H](CNC(=O)N1CCc2ccccc21)c1ccccc1. The standard InChI is InChI=1S/C19H23N3O/c1-21(2)18(15-8-4-3-5-9-15)14-20-19(23)22-13-12-16-10-6-7-11-17(16)22/h3-11,18H,12-14H2,1-2H3,(H,20,23)/t18-/m1/s1. The van der Waals surface area contributed by atoms with Gasteiger partial charge in [-0.25, -0.2) is 4.79 Å². The number of anilines is 1. The summed E-state index contributed by atoms with van der Waals surface area (Å²) in [7, 11) is 4.07. The molecule has 23 heavy (non-hydrogen) atoms. The van der Waals surface area contributed by atoms with Crippen molar-refractivity contribution in [3.05, 3.63) is 65.7 Å². The fourth-order valence-electron chi connectivity index (χ4n) is 3.10. The Balaban J connectivity index is 1.67. The number of benzene rings is 2. The number of para-hydroxylation sites is 1. The summed E-state index contributed by atoms with van der Waals surface area (Å²) < 4.78 is 0. The van der Waals surface area contributed by atoms with E-state index in [1.54, 1.807) is 0 Å². The first kappa shape index (κ1) is 15.6.